The van der Waals surface area contributed by atoms with Crippen molar-refractivity contribution in [2.45, 2.75) is 19.4 Å². The summed E-state index contributed by atoms with van der Waals surface area (Å²) in [7, 11) is 1.81. The summed E-state index contributed by atoms with van der Waals surface area (Å²) in [6.07, 6.45) is 2.95. The fourth-order valence-electron chi connectivity index (χ4n) is 1.65. The zero-order valence-corrected chi connectivity index (χ0v) is 11.5. The summed E-state index contributed by atoms with van der Waals surface area (Å²) < 4.78 is 5.40. The van der Waals surface area contributed by atoms with Crippen LogP contribution in [0.5, 0.6) is 5.75 Å². The van der Waals surface area contributed by atoms with Crippen molar-refractivity contribution in [3.63, 3.8) is 0 Å². The normalized spacial score (nSPS) is 10.0. The van der Waals surface area contributed by atoms with Crippen molar-refractivity contribution >= 4 is 5.91 Å². The number of hydrogen-bond acceptors (Lipinski definition) is 3. The van der Waals surface area contributed by atoms with E-state index in [1.165, 1.54) is 0 Å². The molecule has 0 saturated carbocycles. The summed E-state index contributed by atoms with van der Waals surface area (Å²) in [6.45, 7) is 5.25. The second kappa shape index (κ2) is 8.32. The van der Waals surface area contributed by atoms with E-state index in [1.807, 2.05) is 24.3 Å². The van der Waals surface area contributed by atoms with Crippen molar-refractivity contribution < 1.29 is 9.53 Å². The second-order valence-corrected chi connectivity index (χ2v) is 4.39. The maximum absolute atomic E-state index is 11.7. The Morgan fingerprint density at radius 1 is 1.42 bits per heavy atom. The Morgan fingerprint density at radius 3 is 2.68 bits per heavy atom. The van der Waals surface area contributed by atoms with Crippen LogP contribution in [0.2, 0.25) is 0 Å². The van der Waals surface area contributed by atoms with Crippen molar-refractivity contribution in [2.24, 2.45) is 5.73 Å². The van der Waals surface area contributed by atoms with Gasteiger partial charge in [0.1, 0.15) is 12.4 Å². The van der Waals surface area contributed by atoms with Crippen LogP contribution >= 0.6 is 0 Å². The molecule has 19 heavy (non-hydrogen) atoms. The van der Waals surface area contributed by atoms with Crippen LogP contribution in [0.3, 0.4) is 0 Å². The molecule has 0 aliphatic heterocycles. The first kappa shape index (κ1) is 15.2. The molecule has 0 radical (unpaired) electrons. The molecule has 0 unspecified atom stereocenters. The fraction of sp³-hybridized carbons (Fsp3) is 0.400. The zero-order chi connectivity index (χ0) is 14.1. The predicted octanol–water partition coefficient (Wildman–Crippen LogP) is 1.95. The molecular formula is C15H22N2O2. The number of hydrogen-bond donors (Lipinski definition) is 1. The highest BCUT2D eigenvalue weighted by Crippen LogP contribution is 2.13. The lowest BCUT2D eigenvalue weighted by atomic mass is 10.2. The summed E-state index contributed by atoms with van der Waals surface area (Å²) >= 11 is 0. The number of nitrogens with two attached hydrogens (primary N) is 1. The highest BCUT2D eigenvalue weighted by molar-refractivity contribution is 5.75. The molecule has 1 amide bonds. The lowest BCUT2D eigenvalue weighted by Crippen LogP contribution is -2.26. The Bertz CT molecular complexity index is 401. The first-order valence-corrected chi connectivity index (χ1v) is 6.44. The van der Waals surface area contributed by atoms with Crippen LogP contribution < -0.4 is 10.5 Å². The van der Waals surface area contributed by atoms with Gasteiger partial charge in [0.15, 0.2) is 0 Å². The van der Waals surface area contributed by atoms with E-state index in [4.69, 9.17) is 10.5 Å². The topological polar surface area (TPSA) is 55.6 Å². The van der Waals surface area contributed by atoms with Crippen molar-refractivity contribution in [2.75, 3.05) is 20.2 Å². The quantitative estimate of drug-likeness (QED) is 0.728. The van der Waals surface area contributed by atoms with Crippen LogP contribution in [0.25, 0.3) is 0 Å². The first-order valence-electron chi connectivity index (χ1n) is 6.44. The molecule has 0 bridgehead atoms. The number of amides is 1. The molecule has 0 spiro atoms. The Hall–Kier alpha value is -1.81. The number of rotatable bonds is 8. The molecular weight excluding hydrogens is 240 g/mol. The summed E-state index contributed by atoms with van der Waals surface area (Å²) in [5.74, 6) is 0.929. The van der Waals surface area contributed by atoms with Crippen LogP contribution in [-0.2, 0) is 11.3 Å². The van der Waals surface area contributed by atoms with E-state index in [0.29, 0.717) is 26.1 Å². The minimum absolute atomic E-state index is 0.123. The van der Waals surface area contributed by atoms with Crippen LogP contribution in [0, 0.1) is 0 Å². The van der Waals surface area contributed by atoms with E-state index in [-0.39, 0.29) is 5.91 Å². The first-order chi connectivity index (χ1) is 9.17. The van der Waals surface area contributed by atoms with Crippen LogP contribution in [0.15, 0.2) is 36.9 Å². The molecule has 1 aromatic carbocycles. The number of benzene rings is 1. The van der Waals surface area contributed by atoms with E-state index in [9.17, 15) is 4.79 Å². The summed E-state index contributed by atoms with van der Waals surface area (Å²) in [5.41, 5.74) is 6.47. The van der Waals surface area contributed by atoms with Gasteiger partial charge in [-0.2, -0.15) is 0 Å². The van der Waals surface area contributed by atoms with Gasteiger partial charge >= 0.3 is 0 Å². The van der Waals surface area contributed by atoms with Crippen molar-refractivity contribution in [1.82, 2.24) is 4.90 Å². The molecule has 0 aliphatic carbocycles. The monoisotopic (exact) mass is 262 g/mol. The fourth-order valence-corrected chi connectivity index (χ4v) is 1.65. The highest BCUT2D eigenvalue weighted by atomic mass is 16.5. The van der Waals surface area contributed by atoms with Gasteiger partial charge in [-0.3, -0.25) is 4.79 Å². The Morgan fingerprint density at radius 2 is 2.11 bits per heavy atom. The molecule has 0 fully saturated rings. The molecule has 0 aromatic heterocycles. The third-order valence-electron chi connectivity index (χ3n) is 2.73. The van der Waals surface area contributed by atoms with Gasteiger partial charge in [0.05, 0.1) is 0 Å². The summed E-state index contributed by atoms with van der Waals surface area (Å²) in [5, 5.41) is 0. The molecule has 2 N–H and O–H groups in total. The van der Waals surface area contributed by atoms with Crippen LogP contribution in [-0.4, -0.2) is 31.0 Å². The van der Waals surface area contributed by atoms with E-state index >= 15 is 0 Å². The van der Waals surface area contributed by atoms with Gasteiger partial charge in [0.25, 0.3) is 0 Å². The van der Waals surface area contributed by atoms with Crippen molar-refractivity contribution in [3.05, 3.63) is 42.5 Å². The van der Waals surface area contributed by atoms with Gasteiger partial charge in [0, 0.05) is 20.0 Å². The Labute approximate surface area is 114 Å². The second-order valence-electron chi connectivity index (χ2n) is 4.39. The molecule has 0 atom stereocenters. The molecule has 4 heteroatoms. The lowest BCUT2D eigenvalue weighted by molar-refractivity contribution is -0.130. The van der Waals surface area contributed by atoms with Gasteiger partial charge in [0.2, 0.25) is 5.91 Å². The van der Waals surface area contributed by atoms with E-state index in [0.717, 1.165) is 17.7 Å². The maximum atomic E-state index is 11.7. The largest absolute Gasteiger partial charge is 0.490 e. The van der Waals surface area contributed by atoms with Crippen molar-refractivity contribution in [3.8, 4) is 5.75 Å². The minimum atomic E-state index is 0.123. The molecule has 0 saturated heterocycles. The van der Waals surface area contributed by atoms with Gasteiger partial charge < -0.3 is 15.4 Å². The Balaban J connectivity index is 2.47. The molecule has 1 aromatic rings. The summed E-state index contributed by atoms with van der Waals surface area (Å²) in [6, 6.07) is 7.73. The smallest absolute Gasteiger partial charge is 0.222 e. The lowest BCUT2D eigenvalue weighted by Gasteiger charge is -2.17. The van der Waals surface area contributed by atoms with Crippen LogP contribution in [0.4, 0.5) is 0 Å². The van der Waals surface area contributed by atoms with Gasteiger partial charge in [-0.15, -0.1) is 0 Å². The van der Waals surface area contributed by atoms with Crippen molar-refractivity contribution in [1.29, 1.82) is 0 Å². The van der Waals surface area contributed by atoms with Gasteiger partial charge in [-0.25, -0.2) is 0 Å². The SMILES string of the molecule is C=CCOc1ccc(CN(C)C(=O)CCCN)cc1. The van der Waals surface area contributed by atoms with E-state index in [1.54, 1.807) is 18.0 Å². The van der Waals surface area contributed by atoms with Gasteiger partial charge in [-0.05, 0) is 30.7 Å². The maximum Gasteiger partial charge on any atom is 0.222 e. The summed E-state index contributed by atoms with van der Waals surface area (Å²) in [4.78, 5) is 13.5. The van der Waals surface area contributed by atoms with Crippen LogP contribution in [0.1, 0.15) is 18.4 Å². The molecule has 104 valence electrons. The third kappa shape index (κ3) is 5.57. The molecule has 0 heterocycles. The number of nitrogens with zero attached hydrogens (tertiary/aromatic N) is 1. The number of carbonyl (C=O) groups excluding carboxylic acids is 1. The average Bonchev–Trinajstić information content (AvgIpc) is 2.43. The van der Waals surface area contributed by atoms with E-state index in [2.05, 4.69) is 6.58 Å². The third-order valence-corrected chi connectivity index (χ3v) is 2.73. The molecule has 0 aliphatic rings. The molecule has 4 nitrogen and oxygen atoms in total. The minimum Gasteiger partial charge on any atom is -0.490 e. The number of ether oxygens (including phenoxy) is 1. The highest BCUT2D eigenvalue weighted by Gasteiger charge is 2.08. The number of carbonyl (C=O) groups is 1. The predicted molar refractivity (Wildman–Crippen MR) is 76.9 cm³/mol. The standard InChI is InChI=1S/C15H22N2O2/c1-3-11-19-14-8-6-13(7-9-14)12-17(2)15(18)5-4-10-16/h3,6-9H,1,4-5,10-12,16H2,2H3. The van der Waals surface area contributed by atoms with Gasteiger partial charge in [-0.1, -0.05) is 24.8 Å². The molecule has 1 rings (SSSR count). The average molecular weight is 262 g/mol. The Kier molecular flexibility index (Phi) is 6.68. The van der Waals surface area contributed by atoms with E-state index < -0.39 is 0 Å². The zero-order valence-electron chi connectivity index (χ0n) is 11.5.